The normalized spacial score (nSPS) is 17.0. The highest BCUT2D eigenvalue weighted by atomic mass is 19.1. The number of pyridine rings is 1. The summed E-state index contributed by atoms with van der Waals surface area (Å²) >= 11 is 0. The summed E-state index contributed by atoms with van der Waals surface area (Å²) in [5.41, 5.74) is 0.746. The molecule has 1 aromatic carbocycles. The molecule has 120 valence electrons. The maximum absolute atomic E-state index is 13.2. The minimum atomic E-state index is -0.373. The summed E-state index contributed by atoms with van der Waals surface area (Å²) in [5, 5.41) is 6.07. The third kappa shape index (κ3) is 4.04. The highest BCUT2D eigenvalue weighted by molar-refractivity contribution is 5.79. The van der Waals surface area contributed by atoms with E-state index >= 15 is 0 Å². The molecule has 1 aliphatic heterocycles. The fraction of sp³-hybridized carbons (Fsp3) is 0.294. The summed E-state index contributed by atoms with van der Waals surface area (Å²) < 4.78 is 18.9. The Morgan fingerprint density at radius 1 is 1.39 bits per heavy atom. The fourth-order valence-electron chi connectivity index (χ4n) is 2.50. The lowest BCUT2D eigenvalue weighted by Crippen LogP contribution is -2.31. The van der Waals surface area contributed by atoms with Crippen molar-refractivity contribution in [3.8, 4) is 11.6 Å². The molecule has 1 saturated heterocycles. The molecule has 1 unspecified atom stereocenters. The zero-order valence-electron chi connectivity index (χ0n) is 12.6. The van der Waals surface area contributed by atoms with Gasteiger partial charge in [-0.05, 0) is 31.2 Å². The van der Waals surface area contributed by atoms with E-state index in [1.165, 1.54) is 12.1 Å². The molecule has 1 amide bonds. The Balaban J connectivity index is 1.66. The van der Waals surface area contributed by atoms with Gasteiger partial charge in [0.1, 0.15) is 11.6 Å². The SMILES string of the molecule is O=C(NCc1cccnc1Oc1cccc(F)c1)C1CCNC1. The van der Waals surface area contributed by atoms with Gasteiger partial charge in [0.25, 0.3) is 0 Å². The maximum Gasteiger partial charge on any atom is 0.224 e. The topological polar surface area (TPSA) is 63.2 Å². The Morgan fingerprint density at radius 2 is 2.30 bits per heavy atom. The molecule has 3 rings (SSSR count). The Hall–Kier alpha value is -2.47. The maximum atomic E-state index is 13.2. The number of nitrogens with zero attached hydrogens (tertiary/aromatic N) is 1. The number of carbonyl (C=O) groups excluding carboxylic acids is 1. The van der Waals surface area contributed by atoms with E-state index < -0.39 is 0 Å². The zero-order valence-corrected chi connectivity index (χ0v) is 12.6. The minimum absolute atomic E-state index is 0.0132. The molecule has 1 aliphatic rings. The highest BCUT2D eigenvalue weighted by Crippen LogP contribution is 2.23. The van der Waals surface area contributed by atoms with Gasteiger partial charge in [-0.15, -0.1) is 0 Å². The van der Waals surface area contributed by atoms with Crippen LogP contribution in [0, 0.1) is 11.7 Å². The predicted molar refractivity (Wildman–Crippen MR) is 83.5 cm³/mol. The number of rotatable bonds is 5. The molecular weight excluding hydrogens is 297 g/mol. The number of hydrogen-bond donors (Lipinski definition) is 2. The quantitative estimate of drug-likeness (QED) is 0.888. The van der Waals surface area contributed by atoms with Crippen molar-refractivity contribution in [2.75, 3.05) is 13.1 Å². The van der Waals surface area contributed by atoms with Crippen molar-refractivity contribution in [3.05, 3.63) is 54.0 Å². The van der Waals surface area contributed by atoms with Crippen LogP contribution in [0.4, 0.5) is 4.39 Å². The molecule has 1 aromatic heterocycles. The van der Waals surface area contributed by atoms with E-state index in [0.29, 0.717) is 24.7 Å². The molecule has 6 heteroatoms. The van der Waals surface area contributed by atoms with Crippen molar-refractivity contribution >= 4 is 5.91 Å². The van der Waals surface area contributed by atoms with Crippen molar-refractivity contribution in [2.24, 2.45) is 5.92 Å². The number of aromatic nitrogens is 1. The summed E-state index contributed by atoms with van der Waals surface area (Å²) in [5.74, 6) is 0.399. The lowest BCUT2D eigenvalue weighted by Gasteiger charge is -2.12. The zero-order chi connectivity index (χ0) is 16.1. The molecule has 2 aromatic rings. The first-order valence-electron chi connectivity index (χ1n) is 7.58. The number of halogens is 1. The molecule has 0 bridgehead atoms. The predicted octanol–water partition coefficient (Wildman–Crippen LogP) is 2.24. The smallest absolute Gasteiger partial charge is 0.224 e. The van der Waals surface area contributed by atoms with Crippen LogP contribution in [0.2, 0.25) is 0 Å². The van der Waals surface area contributed by atoms with E-state index in [9.17, 15) is 9.18 Å². The van der Waals surface area contributed by atoms with Gasteiger partial charge >= 0.3 is 0 Å². The van der Waals surface area contributed by atoms with Crippen molar-refractivity contribution in [2.45, 2.75) is 13.0 Å². The Kier molecular flexibility index (Phi) is 4.83. The molecule has 0 spiro atoms. The first kappa shape index (κ1) is 15.4. The first-order chi connectivity index (χ1) is 11.2. The molecular formula is C17H18FN3O2. The van der Waals surface area contributed by atoms with Crippen LogP contribution in [-0.4, -0.2) is 24.0 Å². The van der Waals surface area contributed by atoms with Gasteiger partial charge in [-0.3, -0.25) is 4.79 Å². The Labute approximate surface area is 133 Å². The van der Waals surface area contributed by atoms with Crippen LogP contribution in [0.5, 0.6) is 11.6 Å². The summed E-state index contributed by atoms with van der Waals surface area (Å²) in [4.78, 5) is 16.2. The van der Waals surface area contributed by atoms with Crippen molar-refractivity contribution in [1.82, 2.24) is 15.6 Å². The number of nitrogens with one attached hydrogen (secondary N) is 2. The largest absolute Gasteiger partial charge is 0.439 e. The number of ether oxygens (including phenoxy) is 1. The Morgan fingerprint density at radius 3 is 3.09 bits per heavy atom. The molecule has 2 heterocycles. The van der Waals surface area contributed by atoms with Crippen molar-refractivity contribution in [3.63, 3.8) is 0 Å². The molecule has 2 N–H and O–H groups in total. The summed E-state index contributed by atoms with van der Waals surface area (Å²) in [7, 11) is 0. The van der Waals surface area contributed by atoms with Gasteiger partial charge in [-0.25, -0.2) is 9.37 Å². The molecule has 0 aliphatic carbocycles. The van der Waals surface area contributed by atoms with E-state index in [-0.39, 0.29) is 17.6 Å². The molecule has 23 heavy (non-hydrogen) atoms. The second-order valence-electron chi connectivity index (χ2n) is 5.43. The van der Waals surface area contributed by atoms with Crippen LogP contribution in [0.25, 0.3) is 0 Å². The number of hydrogen-bond acceptors (Lipinski definition) is 4. The minimum Gasteiger partial charge on any atom is -0.439 e. The van der Waals surface area contributed by atoms with Gasteiger partial charge in [-0.1, -0.05) is 12.1 Å². The van der Waals surface area contributed by atoms with Gasteiger partial charge in [0, 0.05) is 30.9 Å². The highest BCUT2D eigenvalue weighted by Gasteiger charge is 2.22. The molecule has 1 atom stereocenters. The van der Waals surface area contributed by atoms with E-state index in [1.807, 2.05) is 6.07 Å². The third-order valence-electron chi connectivity index (χ3n) is 3.74. The lowest BCUT2D eigenvalue weighted by atomic mass is 10.1. The van der Waals surface area contributed by atoms with Crippen molar-refractivity contribution < 1.29 is 13.9 Å². The van der Waals surface area contributed by atoms with E-state index in [2.05, 4.69) is 15.6 Å². The average molecular weight is 315 g/mol. The van der Waals surface area contributed by atoms with Crippen LogP contribution < -0.4 is 15.4 Å². The van der Waals surface area contributed by atoms with Crippen LogP contribution in [0.15, 0.2) is 42.6 Å². The molecule has 0 saturated carbocycles. The van der Waals surface area contributed by atoms with Gasteiger partial charge in [0.2, 0.25) is 11.8 Å². The molecule has 0 radical (unpaired) electrons. The van der Waals surface area contributed by atoms with Crippen LogP contribution >= 0.6 is 0 Å². The third-order valence-corrected chi connectivity index (χ3v) is 3.74. The monoisotopic (exact) mass is 315 g/mol. The summed E-state index contributed by atoms with van der Waals surface area (Å²) in [6.45, 7) is 1.91. The second-order valence-corrected chi connectivity index (χ2v) is 5.43. The van der Waals surface area contributed by atoms with Crippen LogP contribution in [0.3, 0.4) is 0 Å². The Bertz CT molecular complexity index is 687. The number of benzene rings is 1. The van der Waals surface area contributed by atoms with Crippen LogP contribution in [-0.2, 0) is 11.3 Å². The lowest BCUT2D eigenvalue weighted by molar-refractivity contribution is -0.124. The van der Waals surface area contributed by atoms with E-state index in [1.54, 1.807) is 24.4 Å². The second kappa shape index (κ2) is 7.19. The average Bonchev–Trinajstić information content (AvgIpc) is 3.08. The number of amides is 1. The molecule has 1 fully saturated rings. The van der Waals surface area contributed by atoms with Gasteiger partial charge in [-0.2, -0.15) is 0 Å². The molecule has 5 nitrogen and oxygen atoms in total. The van der Waals surface area contributed by atoms with Gasteiger partial charge < -0.3 is 15.4 Å². The van der Waals surface area contributed by atoms with E-state index in [0.717, 1.165) is 18.5 Å². The fourth-order valence-corrected chi connectivity index (χ4v) is 2.50. The summed E-state index contributed by atoms with van der Waals surface area (Å²) in [6, 6.07) is 9.47. The standard InChI is InChI=1S/C17H18FN3O2/c18-14-4-1-5-15(9-14)23-17-13(3-2-7-20-17)11-21-16(22)12-6-8-19-10-12/h1-5,7,9,12,19H,6,8,10-11H2,(H,21,22). The first-order valence-corrected chi connectivity index (χ1v) is 7.58. The van der Waals surface area contributed by atoms with Gasteiger partial charge in [0.05, 0.1) is 5.92 Å². The summed E-state index contributed by atoms with van der Waals surface area (Å²) in [6.07, 6.45) is 2.45. The van der Waals surface area contributed by atoms with E-state index in [4.69, 9.17) is 4.74 Å². The number of carbonyl (C=O) groups is 1. The van der Waals surface area contributed by atoms with Gasteiger partial charge in [0.15, 0.2) is 0 Å². The van der Waals surface area contributed by atoms with Crippen LogP contribution in [0.1, 0.15) is 12.0 Å². The van der Waals surface area contributed by atoms with Crippen molar-refractivity contribution in [1.29, 1.82) is 0 Å².